The van der Waals surface area contributed by atoms with Crippen LogP contribution in [-0.4, -0.2) is 26.2 Å². The maximum Gasteiger partial charge on any atom is 0.243 e. The van der Waals surface area contributed by atoms with Gasteiger partial charge in [0.2, 0.25) is 5.91 Å². The zero-order valence-corrected chi connectivity index (χ0v) is 13.7. The number of hydrogen-bond donors (Lipinski definition) is 3. The molecule has 0 radical (unpaired) electrons. The van der Waals surface area contributed by atoms with E-state index in [1.807, 2.05) is 30.3 Å². The summed E-state index contributed by atoms with van der Waals surface area (Å²) in [6.07, 6.45) is 0.669. The zero-order valence-electron chi connectivity index (χ0n) is 13.7. The molecule has 1 aliphatic rings. The second-order valence-electron chi connectivity index (χ2n) is 5.60. The van der Waals surface area contributed by atoms with Crippen LogP contribution in [0, 0.1) is 0 Å². The summed E-state index contributed by atoms with van der Waals surface area (Å²) in [5.74, 6) is 1.13. The minimum atomic E-state index is -0.328. The molecule has 0 saturated carbocycles. The average Bonchev–Trinajstić information content (AvgIpc) is 3.12. The minimum absolute atomic E-state index is 0.106. The van der Waals surface area contributed by atoms with Crippen molar-refractivity contribution in [3.63, 3.8) is 0 Å². The Labute approximate surface area is 141 Å². The molecule has 0 aliphatic carbocycles. The van der Waals surface area contributed by atoms with Crippen molar-refractivity contribution in [3.05, 3.63) is 54.1 Å². The van der Waals surface area contributed by atoms with Gasteiger partial charge in [0.05, 0.1) is 19.9 Å². The fourth-order valence-electron chi connectivity index (χ4n) is 2.76. The summed E-state index contributed by atoms with van der Waals surface area (Å²) in [4.78, 5) is 12.5. The Bertz CT molecular complexity index is 706. The SMILES string of the molecule is COc1ccc(OC)c(NC(=O)C2CC(c3ccccc3)NN2)c1. The van der Waals surface area contributed by atoms with E-state index in [1.54, 1.807) is 32.4 Å². The molecule has 3 N–H and O–H groups in total. The number of rotatable bonds is 5. The van der Waals surface area contributed by atoms with Gasteiger partial charge in [0.1, 0.15) is 17.5 Å². The predicted octanol–water partition coefficient (Wildman–Crippen LogP) is 2.25. The van der Waals surface area contributed by atoms with Crippen LogP contribution in [0.1, 0.15) is 18.0 Å². The highest BCUT2D eigenvalue weighted by molar-refractivity contribution is 5.96. The number of amides is 1. The molecule has 6 heteroatoms. The molecule has 1 aliphatic heterocycles. The second kappa shape index (κ2) is 7.33. The fourth-order valence-corrected chi connectivity index (χ4v) is 2.76. The Morgan fingerprint density at radius 3 is 2.58 bits per heavy atom. The van der Waals surface area contributed by atoms with Gasteiger partial charge in [-0.3, -0.25) is 4.79 Å². The van der Waals surface area contributed by atoms with Crippen molar-refractivity contribution >= 4 is 11.6 Å². The lowest BCUT2D eigenvalue weighted by atomic mass is 10.0. The van der Waals surface area contributed by atoms with E-state index in [-0.39, 0.29) is 18.0 Å². The molecule has 2 aromatic rings. The molecule has 2 aromatic carbocycles. The number of hydrogen-bond acceptors (Lipinski definition) is 5. The van der Waals surface area contributed by atoms with Crippen molar-refractivity contribution in [3.8, 4) is 11.5 Å². The van der Waals surface area contributed by atoms with E-state index in [9.17, 15) is 4.79 Å². The van der Waals surface area contributed by atoms with Crippen molar-refractivity contribution in [2.24, 2.45) is 0 Å². The number of carbonyl (C=O) groups excluding carboxylic acids is 1. The summed E-state index contributed by atoms with van der Waals surface area (Å²) < 4.78 is 10.5. The van der Waals surface area contributed by atoms with Crippen LogP contribution < -0.4 is 25.6 Å². The van der Waals surface area contributed by atoms with Crippen LogP contribution in [0.15, 0.2) is 48.5 Å². The van der Waals surface area contributed by atoms with E-state index >= 15 is 0 Å². The van der Waals surface area contributed by atoms with Gasteiger partial charge >= 0.3 is 0 Å². The van der Waals surface area contributed by atoms with E-state index in [2.05, 4.69) is 16.2 Å². The van der Waals surface area contributed by atoms with Gasteiger partial charge in [-0.05, 0) is 24.1 Å². The highest BCUT2D eigenvalue weighted by Gasteiger charge is 2.30. The highest BCUT2D eigenvalue weighted by atomic mass is 16.5. The van der Waals surface area contributed by atoms with Crippen molar-refractivity contribution < 1.29 is 14.3 Å². The minimum Gasteiger partial charge on any atom is -0.497 e. The first-order valence-electron chi connectivity index (χ1n) is 7.80. The number of benzene rings is 2. The standard InChI is InChI=1S/C18H21N3O3/c1-23-13-8-9-17(24-2)15(10-13)19-18(22)16-11-14(20-21-16)12-6-4-3-5-7-12/h3-10,14,16,20-21H,11H2,1-2H3,(H,19,22). The van der Waals surface area contributed by atoms with Crippen molar-refractivity contribution in [1.29, 1.82) is 0 Å². The topological polar surface area (TPSA) is 71.6 Å². The number of hydrazine groups is 1. The molecule has 3 rings (SSSR count). The lowest BCUT2D eigenvalue weighted by molar-refractivity contribution is -0.117. The third kappa shape index (κ3) is 3.50. The van der Waals surface area contributed by atoms with Crippen LogP contribution in [-0.2, 0) is 4.79 Å². The quantitative estimate of drug-likeness (QED) is 0.786. The lowest BCUT2D eigenvalue weighted by Crippen LogP contribution is -2.39. The molecule has 2 unspecified atom stereocenters. The van der Waals surface area contributed by atoms with Crippen LogP contribution in [0.5, 0.6) is 11.5 Å². The number of carbonyl (C=O) groups is 1. The van der Waals surface area contributed by atoms with Gasteiger partial charge in [-0.25, -0.2) is 10.9 Å². The summed E-state index contributed by atoms with van der Waals surface area (Å²) in [6.45, 7) is 0. The summed E-state index contributed by atoms with van der Waals surface area (Å²) in [6, 6.07) is 15.1. The van der Waals surface area contributed by atoms with Crippen LogP contribution in [0.25, 0.3) is 0 Å². The summed E-state index contributed by atoms with van der Waals surface area (Å²) in [5, 5.41) is 2.90. The summed E-state index contributed by atoms with van der Waals surface area (Å²) >= 11 is 0. The van der Waals surface area contributed by atoms with Gasteiger partial charge in [-0.1, -0.05) is 30.3 Å². The van der Waals surface area contributed by atoms with Crippen molar-refractivity contribution in [2.75, 3.05) is 19.5 Å². The molecule has 1 fully saturated rings. The van der Waals surface area contributed by atoms with E-state index in [4.69, 9.17) is 9.47 Å². The highest BCUT2D eigenvalue weighted by Crippen LogP contribution is 2.30. The number of methoxy groups -OCH3 is 2. The molecule has 126 valence electrons. The molecule has 24 heavy (non-hydrogen) atoms. The Kier molecular flexibility index (Phi) is 4.98. The normalized spacial score (nSPS) is 19.8. The summed E-state index contributed by atoms with van der Waals surface area (Å²) in [7, 11) is 3.15. The monoisotopic (exact) mass is 327 g/mol. The van der Waals surface area contributed by atoms with E-state index in [1.165, 1.54) is 0 Å². The van der Waals surface area contributed by atoms with Crippen LogP contribution in [0.4, 0.5) is 5.69 Å². The van der Waals surface area contributed by atoms with Crippen LogP contribution >= 0.6 is 0 Å². The second-order valence-corrected chi connectivity index (χ2v) is 5.60. The van der Waals surface area contributed by atoms with Gasteiger partial charge in [0, 0.05) is 12.1 Å². The Morgan fingerprint density at radius 2 is 1.88 bits per heavy atom. The molecule has 0 spiro atoms. The van der Waals surface area contributed by atoms with Crippen LogP contribution in [0.2, 0.25) is 0 Å². The van der Waals surface area contributed by atoms with Gasteiger partial charge in [-0.15, -0.1) is 0 Å². The number of ether oxygens (including phenoxy) is 2. The molecular weight excluding hydrogens is 306 g/mol. The third-order valence-corrected chi connectivity index (χ3v) is 4.09. The first kappa shape index (κ1) is 16.3. The Morgan fingerprint density at radius 1 is 1.08 bits per heavy atom. The molecule has 1 saturated heterocycles. The van der Waals surface area contributed by atoms with Gasteiger partial charge < -0.3 is 14.8 Å². The fraction of sp³-hybridized carbons (Fsp3) is 0.278. The Hall–Kier alpha value is -2.57. The van der Waals surface area contributed by atoms with Crippen LogP contribution in [0.3, 0.4) is 0 Å². The molecule has 1 amide bonds. The van der Waals surface area contributed by atoms with E-state index < -0.39 is 0 Å². The number of anilines is 1. The molecule has 1 heterocycles. The average molecular weight is 327 g/mol. The first-order chi connectivity index (χ1) is 11.7. The predicted molar refractivity (Wildman–Crippen MR) is 92.0 cm³/mol. The molecule has 6 nitrogen and oxygen atoms in total. The molecule has 2 atom stereocenters. The van der Waals surface area contributed by atoms with Gasteiger partial charge in [0.15, 0.2) is 0 Å². The Balaban J connectivity index is 1.68. The zero-order chi connectivity index (χ0) is 16.9. The first-order valence-corrected chi connectivity index (χ1v) is 7.80. The smallest absolute Gasteiger partial charge is 0.243 e. The lowest BCUT2D eigenvalue weighted by Gasteiger charge is -2.14. The van der Waals surface area contributed by atoms with E-state index in [0.29, 0.717) is 23.6 Å². The molecule has 0 aromatic heterocycles. The van der Waals surface area contributed by atoms with Crippen molar-refractivity contribution in [2.45, 2.75) is 18.5 Å². The van der Waals surface area contributed by atoms with Gasteiger partial charge in [0.25, 0.3) is 0 Å². The maximum absolute atomic E-state index is 12.5. The largest absolute Gasteiger partial charge is 0.497 e. The molecular formula is C18H21N3O3. The van der Waals surface area contributed by atoms with Gasteiger partial charge in [-0.2, -0.15) is 0 Å². The maximum atomic E-state index is 12.5. The van der Waals surface area contributed by atoms with Crippen molar-refractivity contribution in [1.82, 2.24) is 10.9 Å². The third-order valence-electron chi connectivity index (χ3n) is 4.09. The van der Waals surface area contributed by atoms with E-state index in [0.717, 1.165) is 5.56 Å². The summed E-state index contributed by atoms with van der Waals surface area (Å²) in [5.41, 5.74) is 7.97. The number of nitrogens with one attached hydrogen (secondary N) is 3. The molecule has 0 bridgehead atoms.